The van der Waals surface area contributed by atoms with Crippen LogP contribution < -0.4 is 5.32 Å². The summed E-state index contributed by atoms with van der Waals surface area (Å²) in [5, 5.41) is 9.33. The van der Waals surface area contributed by atoms with E-state index in [4.69, 9.17) is 19.6 Å². The maximum atomic E-state index is 11.3. The summed E-state index contributed by atoms with van der Waals surface area (Å²) < 4.78 is 22.5. The van der Waals surface area contributed by atoms with Gasteiger partial charge >= 0.3 is 15.2 Å². The summed E-state index contributed by atoms with van der Waals surface area (Å²) in [6, 6.07) is 9.95. The third-order valence-electron chi connectivity index (χ3n) is 4.15. The molecule has 0 aliphatic carbocycles. The summed E-state index contributed by atoms with van der Waals surface area (Å²) in [6.07, 6.45) is 2.02. The van der Waals surface area contributed by atoms with Gasteiger partial charge in [-0.2, -0.15) is 0 Å². The van der Waals surface area contributed by atoms with Crippen LogP contribution in [0.4, 0.5) is 0 Å². The molecule has 0 aromatic heterocycles. The van der Waals surface area contributed by atoms with E-state index >= 15 is 0 Å². The van der Waals surface area contributed by atoms with Gasteiger partial charge in [0.15, 0.2) is 0 Å². The Kier molecular flexibility index (Phi) is 8.45. The molecule has 144 valence electrons. The second-order valence-corrected chi connectivity index (χ2v) is 10.1. The smallest absolute Gasteiger partial charge is 0.367 e. The molecule has 8 nitrogen and oxygen atoms in total. The second kappa shape index (κ2) is 9.40. The van der Waals surface area contributed by atoms with Gasteiger partial charge in [-0.1, -0.05) is 43.7 Å². The quantitative estimate of drug-likeness (QED) is 0.246. The Bertz CT molecular complexity index is 592. The molecule has 1 unspecified atom stereocenters. The normalized spacial score (nSPS) is 14.5. The molecule has 10 heteroatoms. The van der Waals surface area contributed by atoms with Gasteiger partial charge in [0, 0.05) is 6.42 Å². The molecule has 25 heavy (non-hydrogen) atoms. The van der Waals surface area contributed by atoms with Crippen molar-refractivity contribution >= 4 is 15.2 Å². The van der Waals surface area contributed by atoms with Gasteiger partial charge in [-0.15, -0.1) is 0 Å². The summed E-state index contributed by atoms with van der Waals surface area (Å²) in [5.41, 5.74) is 1.20. The van der Waals surface area contributed by atoms with Crippen molar-refractivity contribution in [1.29, 1.82) is 0 Å². The Balaban J connectivity index is 2.56. The highest BCUT2D eigenvalue weighted by atomic mass is 31.2. The monoisotopic (exact) mass is 395 g/mol. The van der Waals surface area contributed by atoms with Crippen LogP contribution in [-0.4, -0.2) is 42.9 Å². The van der Waals surface area contributed by atoms with Gasteiger partial charge in [-0.25, -0.2) is 0 Å². The van der Waals surface area contributed by atoms with E-state index in [-0.39, 0.29) is 6.54 Å². The molecule has 0 aliphatic heterocycles. The third kappa shape index (κ3) is 6.27. The van der Waals surface area contributed by atoms with Crippen LogP contribution in [0.15, 0.2) is 30.3 Å². The molecule has 1 aromatic rings. The van der Waals surface area contributed by atoms with Crippen LogP contribution in [0, 0.1) is 0 Å². The molecule has 0 saturated heterocycles. The Morgan fingerprint density at radius 1 is 1.00 bits per heavy atom. The van der Waals surface area contributed by atoms with Crippen LogP contribution in [0.25, 0.3) is 0 Å². The predicted molar refractivity (Wildman–Crippen MR) is 95.2 cm³/mol. The average molecular weight is 395 g/mol. The maximum absolute atomic E-state index is 11.3. The zero-order valence-electron chi connectivity index (χ0n) is 14.2. The highest BCUT2D eigenvalue weighted by Gasteiger charge is 2.58. The Hall–Kier alpha value is -0.560. The van der Waals surface area contributed by atoms with Crippen molar-refractivity contribution in [1.82, 2.24) is 5.32 Å². The third-order valence-corrected chi connectivity index (χ3v) is 8.02. The lowest BCUT2D eigenvalue weighted by Crippen LogP contribution is -2.33. The topological polar surface area (TPSA) is 147 Å². The summed E-state index contributed by atoms with van der Waals surface area (Å²) in [5.74, 6) is 0.321. The number of nitrogens with one attached hydrogen (secondary N) is 1. The van der Waals surface area contributed by atoms with E-state index in [9.17, 15) is 14.2 Å². The van der Waals surface area contributed by atoms with Crippen LogP contribution >= 0.6 is 15.2 Å². The van der Waals surface area contributed by atoms with Gasteiger partial charge in [0.1, 0.15) is 0 Å². The molecule has 0 heterocycles. The number of hydrogen-bond acceptors (Lipinski definition) is 4. The van der Waals surface area contributed by atoms with Crippen molar-refractivity contribution in [3.63, 3.8) is 0 Å². The van der Waals surface area contributed by atoms with E-state index in [1.165, 1.54) is 5.56 Å². The van der Waals surface area contributed by atoms with Gasteiger partial charge in [-0.05, 0) is 37.4 Å². The van der Waals surface area contributed by atoms with Crippen LogP contribution in [0.1, 0.15) is 44.1 Å². The SMILES string of the molecule is CCCC(CCNCCC(O)(P(=O)(O)O)P(=O)(O)O)c1ccccc1. The highest BCUT2D eigenvalue weighted by Crippen LogP contribution is 2.68. The first kappa shape index (κ1) is 22.5. The number of hydrogen-bond donors (Lipinski definition) is 6. The zero-order valence-corrected chi connectivity index (χ0v) is 15.9. The summed E-state index contributed by atoms with van der Waals surface area (Å²) in [6.45, 7) is 2.46. The maximum Gasteiger partial charge on any atom is 0.369 e. The molecule has 0 spiro atoms. The Morgan fingerprint density at radius 2 is 1.56 bits per heavy atom. The first-order valence-corrected chi connectivity index (χ1v) is 11.3. The fourth-order valence-electron chi connectivity index (χ4n) is 2.67. The molecule has 0 amide bonds. The summed E-state index contributed by atoms with van der Waals surface area (Å²) >= 11 is 0. The van der Waals surface area contributed by atoms with Gasteiger partial charge < -0.3 is 30.0 Å². The minimum atomic E-state index is -5.38. The lowest BCUT2D eigenvalue weighted by atomic mass is 9.91. The first-order valence-electron chi connectivity index (χ1n) is 8.12. The fraction of sp³-hybridized carbons (Fsp3) is 0.600. The molecule has 0 bridgehead atoms. The predicted octanol–water partition coefficient (Wildman–Crippen LogP) is 1.94. The standard InChI is InChI=1S/C15H27NO7P2/c1-2-6-13(14-7-4-3-5-8-14)9-11-16-12-10-15(17,24(18,19)20)25(21,22)23/h3-5,7-8,13,16-17H,2,6,9-12H2,1H3,(H2,18,19,20)(H2,21,22,23). The molecule has 0 radical (unpaired) electrons. The minimum absolute atomic E-state index is 0.125. The van der Waals surface area contributed by atoms with E-state index in [2.05, 4.69) is 12.2 Å². The van der Waals surface area contributed by atoms with Gasteiger partial charge in [0.2, 0.25) is 0 Å². The summed E-state index contributed by atoms with van der Waals surface area (Å²) in [4.78, 5) is 36.3. The van der Waals surface area contributed by atoms with Crippen LogP contribution in [-0.2, 0) is 9.13 Å². The largest absolute Gasteiger partial charge is 0.369 e. The van der Waals surface area contributed by atoms with Crippen molar-refractivity contribution in [2.45, 2.75) is 43.6 Å². The molecular weight excluding hydrogens is 368 g/mol. The molecule has 0 saturated carbocycles. The van der Waals surface area contributed by atoms with Crippen LogP contribution in [0.3, 0.4) is 0 Å². The molecule has 1 aromatic carbocycles. The fourth-order valence-corrected chi connectivity index (χ4v) is 4.83. The van der Waals surface area contributed by atoms with Crippen molar-refractivity contribution in [3.05, 3.63) is 35.9 Å². The molecule has 1 atom stereocenters. The van der Waals surface area contributed by atoms with Crippen LogP contribution in [0.5, 0.6) is 0 Å². The van der Waals surface area contributed by atoms with Gasteiger partial charge in [0.05, 0.1) is 0 Å². The molecule has 0 fully saturated rings. The highest BCUT2D eigenvalue weighted by molar-refractivity contribution is 7.72. The van der Waals surface area contributed by atoms with E-state index in [1.54, 1.807) is 0 Å². The van der Waals surface area contributed by atoms with E-state index in [1.807, 2.05) is 30.3 Å². The second-order valence-electron chi connectivity index (χ2n) is 6.05. The van der Waals surface area contributed by atoms with Gasteiger partial charge in [0.25, 0.3) is 5.08 Å². The molecule has 0 aliphatic rings. The lowest BCUT2D eigenvalue weighted by Gasteiger charge is -2.29. The number of rotatable bonds is 11. The lowest BCUT2D eigenvalue weighted by molar-refractivity contribution is 0.123. The minimum Gasteiger partial charge on any atom is -0.367 e. The molecule has 6 N–H and O–H groups in total. The zero-order chi connectivity index (χ0) is 19.1. The Labute approximate surface area is 147 Å². The van der Waals surface area contributed by atoms with Crippen molar-refractivity contribution in [2.75, 3.05) is 13.1 Å². The van der Waals surface area contributed by atoms with Crippen molar-refractivity contribution in [3.8, 4) is 0 Å². The first-order chi connectivity index (χ1) is 11.5. The molecular formula is C15H27NO7P2. The van der Waals surface area contributed by atoms with Crippen molar-refractivity contribution < 1.29 is 33.8 Å². The summed E-state index contributed by atoms with van der Waals surface area (Å²) in [7, 11) is -10.8. The van der Waals surface area contributed by atoms with Gasteiger partial charge in [-0.3, -0.25) is 9.13 Å². The van der Waals surface area contributed by atoms with Crippen LogP contribution in [0.2, 0.25) is 0 Å². The average Bonchev–Trinajstić information content (AvgIpc) is 2.52. The van der Waals surface area contributed by atoms with E-state index < -0.39 is 26.7 Å². The Morgan fingerprint density at radius 3 is 2.04 bits per heavy atom. The number of benzene rings is 1. The van der Waals surface area contributed by atoms with Crippen molar-refractivity contribution in [2.24, 2.45) is 0 Å². The molecule has 1 rings (SSSR count). The van der Waals surface area contributed by atoms with E-state index in [0.29, 0.717) is 12.5 Å². The number of aliphatic hydroxyl groups is 1. The van der Waals surface area contributed by atoms with E-state index in [0.717, 1.165) is 19.3 Å².